The molecular formula is C16H25ClN2O. The normalized spacial score (nSPS) is 15.4. The van der Waals surface area contributed by atoms with E-state index < -0.39 is 0 Å². The molecule has 0 atom stereocenters. The second kappa shape index (κ2) is 8.98. The van der Waals surface area contributed by atoms with Crippen molar-refractivity contribution >= 4 is 18.3 Å². The molecule has 1 aliphatic heterocycles. The molecule has 0 unspecified atom stereocenters. The number of hydrogen-bond acceptors (Lipinski definition) is 2. The van der Waals surface area contributed by atoms with Crippen LogP contribution in [0.1, 0.15) is 37.3 Å². The van der Waals surface area contributed by atoms with Crippen molar-refractivity contribution in [2.75, 3.05) is 13.1 Å². The van der Waals surface area contributed by atoms with E-state index >= 15 is 0 Å². The van der Waals surface area contributed by atoms with Gasteiger partial charge in [-0.05, 0) is 49.4 Å². The molecule has 112 valence electrons. The molecule has 3 nitrogen and oxygen atoms in total. The van der Waals surface area contributed by atoms with E-state index in [9.17, 15) is 4.79 Å². The van der Waals surface area contributed by atoms with Crippen LogP contribution in [0.5, 0.6) is 0 Å². The lowest BCUT2D eigenvalue weighted by Crippen LogP contribution is -2.32. The fraction of sp³-hybridized carbons (Fsp3) is 0.562. The number of carbonyl (C=O) groups excluding carboxylic acids is 1. The average molecular weight is 297 g/mol. The van der Waals surface area contributed by atoms with Crippen LogP contribution in [0.3, 0.4) is 0 Å². The van der Waals surface area contributed by atoms with Gasteiger partial charge in [-0.15, -0.1) is 12.4 Å². The molecule has 0 aromatic heterocycles. The molecule has 0 aliphatic carbocycles. The van der Waals surface area contributed by atoms with E-state index in [0.29, 0.717) is 18.9 Å². The molecule has 0 spiro atoms. The third-order valence-electron chi connectivity index (χ3n) is 3.91. The summed E-state index contributed by atoms with van der Waals surface area (Å²) in [5, 5.41) is 6.39. The topological polar surface area (TPSA) is 41.1 Å². The molecule has 1 aromatic carbocycles. The highest BCUT2D eigenvalue weighted by Gasteiger charge is 2.16. The van der Waals surface area contributed by atoms with Crippen molar-refractivity contribution in [1.82, 2.24) is 10.6 Å². The first-order chi connectivity index (χ1) is 9.29. The Hall–Kier alpha value is -1.06. The Morgan fingerprint density at radius 1 is 1.25 bits per heavy atom. The maximum atomic E-state index is 12.0. The number of amides is 1. The quantitative estimate of drug-likeness (QED) is 0.877. The minimum atomic E-state index is 0. The van der Waals surface area contributed by atoms with E-state index in [1.165, 1.54) is 11.1 Å². The maximum absolute atomic E-state index is 12.0. The highest BCUT2D eigenvalue weighted by Crippen LogP contribution is 2.16. The molecule has 20 heavy (non-hydrogen) atoms. The second-order valence-electron chi connectivity index (χ2n) is 5.30. The van der Waals surface area contributed by atoms with Crippen molar-refractivity contribution in [2.24, 2.45) is 5.92 Å². The molecule has 1 aromatic rings. The number of rotatable bonds is 5. The van der Waals surface area contributed by atoms with Crippen LogP contribution >= 0.6 is 12.4 Å². The molecule has 0 bridgehead atoms. The van der Waals surface area contributed by atoms with Crippen LogP contribution in [0.4, 0.5) is 0 Å². The highest BCUT2D eigenvalue weighted by atomic mass is 35.5. The van der Waals surface area contributed by atoms with Gasteiger partial charge in [-0.25, -0.2) is 0 Å². The van der Waals surface area contributed by atoms with Crippen LogP contribution in [0.2, 0.25) is 0 Å². The van der Waals surface area contributed by atoms with Gasteiger partial charge in [-0.3, -0.25) is 4.79 Å². The van der Waals surface area contributed by atoms with Gasteiger partial charge in [0.25, 0.3) is 0 Å². The molecule has 4 heteroatoms. The first kappa shape index (κ1) is 17.0. The molecule has 2 rings (SSSR count). The fourth-order valence-corrected chi connectivity index (χ4v) is 2.69. The number of halogens is 1. The molecule has 0 radical (unpaired) electrons. The summed E-state index contributed by atoms with van der Waals surface area (Å²) in [6, 6.07) is 8.32. The molecule has 1 fully saturated rings. The van der Waals surface area contributed by atoms with E-state index in [1.54, 1.807) is 0 Å². The smallest absolute Gasteiger partial charge is 0.220 e. The zero-order chi connectivity index (χ0) is 13.5. The monoisotopic (exact) mass is 296 g/mol. The number of benzene rings is 1. The van der Waals surface area contributed by atoms with Crippen molar-refractivity contribution in [3.63, 3.8) is 0 Å². The number of carbonyl (C=O) groups is 1. The summed E-state index contributed by atoms with van der Waals surface area (Å²) in [5.41, 5.74) is 2.56. The van der Waals surface area contributed by atoms with Crippen LogP contribution in [0.15, 0.2) is 24.3 Å². The van der Waals surface area contributed by atoms with E-state index in [4.69, 9.17) is 0 Å². The Morgan fingerprint density at radius 2 is 1.90 bits per heavy atom. The second-order valence-corrected chi connectivity index (χ2v) is 5.30. The van der Waals surface area contributed by atoms with Gasteiger partial charge in [0.2, 0.25) is 5.91 Å². The summed E-state index contributed by atoms with van der Waals surface area (Å²) < 4.78 is 0. The fourth-order valence-electron chi connectivity index (χ4n) is 2.69. The van der Waals surface area contributed by atoms with Crippen molar-refractivity contribution in [1.29, 1.82) is 0 Å². The van der Waals surface area contributed by atoms with E-state index in [0.717, 1.165) is 32.4 Å². The minimum Gasteiger partial charge on any atom is -0.352 e. The molecule has 2 N–H and O–H groups in total. The Morgan fingerprint density at radius 3 is 2.55 bits per heavy atom. The number of piperidine rings is 1. The summed E-state index contributed by atoms with van der Waals surface area (Å²) in [5.74, 6) is 0.750. The molecule has 0 saturated carbocycles. The van der Waals surface area contributed by atoms with Crippen LogP contribution in [0.25, 0.3) is 0 Å². The van der Waals surface area contributed by atoms with Crippen LogP contribution in [0, 0.1) is 5.92 Å². The molecule has 1 aliphatic rings. The van der Waals surface area contributed by atoms with Crippen LogP contribution in [-0.4, -0.2) is 19.0 Å². The van der Waals surface area contributed by atoms with Gasteiger partial charge in [-0.1, -0.05) is 31.2 Å². The summed E-state index contributed by atoms with van der Waals surface area (Å²) in [4.78, 5) is 12.0. The number of hydrogen-bond donors (Lipinski definition) is 2. The number of nitrogens with one attached hydrogen (secondary N) is 2. The Bertz CT molecular complexity index is 417. The zero-order valence-corrected chi connectivity index (χ0v) is 13.0. The zero-order valence-electron chi connectivity index (χ0n) is 12.2. The van der Waals surface area contributed by atoms with Crippen molar-refractivity contribution in [2.45, 2.75) is 39.2 Å². The predicted octanol–water partition coefficient (Wildman–Crippen LogP) is 2.68. The lowest BCUT2D eigenvalue weighted by molar-refractivity contribution is -0.122. The van der Waals surface area contributed by atoms with E-state index in [-0.39, 0.29) is 18.3 Å². The van der Waals surface area contributed by atoms with Crippen molar-refractivity contribution in [3.8, 4) is 0 Å². The third kappa shape index (κ3) is 5.14. The van der Waals surface area contributed by atoms with Gasteiger partial charge in [0.15, 0.2) is 0 Å². The Labute approximate surface area is 127 Å². The summed E-state index contributed by atoms with van der Waals surface area (Å²) in [7, 11) is 0. The minimum absolute atomic E-state index is 0. The van der Waals surface area contributed by atoms with Crippen molar-refractivity contribution in [3.05, 3.63) is 35.4 Å². The van der Waals surface area contributed by atoms with Gasteiger partial charge in [0.05, 0.1) is 0 Å². The average Bonchev–Trinajstić information content (AvgIpc) is 2.46. The van der Waals surface area contributed by atoms with Gasteiger partial charge in [0, 0.05) is 13.0 Å². The third-order valence-corrected chi connectivity index (χ3v) is 3.91. The van der Waals surface area contributed by atoms with Gasteiger partial charge in [-0.2, -0.15) is 0 Å². The lowest BCUT2D eigenvalue weighted by atomic mass is 9.94. The molecule has 1 amide bonds. The van der Waals surface area contributed by atoms with E-state index in [2.05, 4.69) is 35.8 Å². The molecule has 1 saturated heterocycles. The SMILES string of the molecule is CCc1ccccc1CNC(=O)CC1CCNCC1.Cl. The standard InChI is InChI=1S/C16H24N2O.ClH/c1-2-14-5-3-4-6-15(14)12-18-16(19)11-13-7-9-17-10-8-13;/h3-6,13,17H,2,7-12H2,1H3,(H,18,19);1H. The Balaban J connectivity index is 0.00000200. The van der Waals surface area contributed by atoms with Crippen LogP contribution < -0.4 is 10.6 Å². The Kier molecular flexibility index (Phi) is 7.63. The lowest BCUT2D eigenvalue weighted by Gasteiger charge is -2.22. The summed E-state index contributed by atoms with van der Waals surface area (Å²) >= 11 is 0. The summed E-state index contributed by atoms with van der Waals surface area (Å²) in [6.07, 6.45) is 3.94. The van der Waals surface area contributed by atoms with Gasteiger partial charge >= 0.3 is 0 Å². The maximum Gasteiger partial charge on any atom is 0.220 e. The van der Waals surface area contributed by atoms with Crippen LogP contribution in [-0.2, 0) is 17.8 Å². The van der Waals surface area contributed by atoms with Crippen molar-refractivity contribution < 1.29 is 4.79 Å². The molecular weight excluding hydrogens is 272 g/mol. The summed E-state index contributed by atoms with van der Waals surface area (Å²) in [6.45, 7) is 4.91. The first-order valence-electron chi connectivity index (χ1n) is 7.33. The highest BCUT2D eigenvalue weighted by molar-refractivity contribution is 5.85. The predicted molar refractivity (Wildman–Crippen MR) is 85.1 cm³/mol. The largest absolute Gasteiger partial charge is 0.352 e. The first-order valence-corrected chi connectivity index (χ1v) is 7.33. The van der Waals surface area contributed by atoms with Gasteiger partial charge < -0.3 is 10.6 Å². The van der Waals surface area contributed by atoms with Gasteiger partial charge in [0.1, 0.15) is 0 Å². The molecule has 1 heterocycles. The van der Waals surface area contributed by atoms with E-state index in [1.807, 2.05) is 6.07 Å². The number of aryl methyl sites for hydroxylation is 1.